The van der Waals surface area contributed by atoms with Gasteiger partial charge in [0, 0.05) is 0 Å². The molecule has 0 radical (unpaired) electrons. The first-order chi connectivity index (χ1) is 10.9. The fraction of sp³-hybridized carbons (Fsp3) is 0.905. The molecule has 4 aliphatic carbocycles. The van der Waals surface area contributed by atoms with Crippen LogP contribution in [0.25, 0.3) is 0 Å². The first-order valence-corrected chi connectivity index (χ1v) is 9.92. The van der Waals surface area contributed by atoms with Gasteiger partial charge in [-0.3, -0.25) is 0 Å². The van der Waals surface area contributed by atoms with Crippen molar-refractivity contribution < 1.29 is 10.2 Å². The Hall–Kier alpha value is -0.340. The molecular weight excluding hydrogens is 284 g/mol. The van der Waals surface area contributed by atoms with Crippen molar-refractivity contribution in [2.45, 2.75) is 84.3 Å². The second-order valence-corrected chi connectivity index (χ2v) is 9.62. The van der Waals surface area contributed by atoms with Gasteiger partial charge in [-0.15, -0.1) is 0 Å². The first kappa shape index (κ1) is 16.1. The zero-order valence-corrected chi connectivity index (χ0v) is 15.1. The minimum absolute atomic E-state index is 0.106. The third kappa shape index (κ3) is 2.20. The number of hydrogen-bond acceptors (Lipinski definition) is 2. The molecule has 0 bridgehead atoms. The number of rotatable bonds is 1. The largest absolute Gasteiger partial charge is 0.393 e. The molecule has 0 saturated heterocycles. The standard InChI is InChI=1S/C21H34O2/c1-13(22)17-6-7-18-16-5-4-14-12-15(23)8-10-20(14,2)19(16)9-11-21(17,18)3/h4,13,15-19,22-23H,5-12H2,1-3H3/t13-,15+,16+,17-,18+,19+,20+,21-/m1/s1. The fourth-order valence-electron chi connectivity index (χ4n) is 7.47. The Balaban J connectivity index is 1.65. The van der Waals surface area contributed by atoms with Gasteiger partial charge in [0.25, 0.3) is 0 Å². The molecule has 23 heavy (non-hydrogen) atoms. The average Bonchev–Trinajstić information content (AvgIpc) is 2.85. The molecule has 4 aliphatic rings. The van der Waals surface area contributed by atoms with Gasteiger partial charge in [0.1, 0.15) is 0 Å². The Morgan fingerprint density at radius 2 is 1.87 bits per heavy atom. The van der Waals surface area contributed by atoms with Crippen LogP contribution in [0.1, 0.15) is 72.1 Å². The summed E-state index contributed by atoms with van der Waals surface area (Å²) in [7, 11) is 0. The van der Waals surface area contributed by atoms with Crippen LogP contribution in [0.15, 0.2) is 11.6 Å². The lowest BCUT2D eigenvalue weighted by atomic mass is 9.47. The van der Waals surface area contributed by atoms with E-state index in [1.807, 2.05) is 6.92 Å². The second kappa shape index (κ2) is 5.33. The highest BCUT2D eigenvalue weighted by molar-refractivity contribution is 5.25. The molecule has 0 spiro atoms. The lowest BCUT2D eigenvalue weighted by Gasteiger charge is -2.58. The molecule has 4 rings (SSSR count). The summed E-state index contributed by atoms with van der Waals surface area (Å²) >= 11 is 0. The van der Waals surface area contributed by atoms with Crippen molar-refractivity contribution in [1.29, 1.82) is 0 Å². The van der Waals surface area contributed by atoms with Gasteiger partial charge >= 0.3 is 0 Å². The van der Waals surface area contributed by atoms with E-state index in [9.17, 15) is 10.2 Å². The summed E-state index contributed by atoms with van der Waals surface area (Å²) < 4.78 is 0. The quantitative estimate of drug-likeness (QED) is 0.707. The monoisotopic (exact) mass is 318 g/mol. The summed E-state index contributed by atoms with van der Waals surface area (Å²) in [5.41, 5.74) is 2.25. The number of aliphatic hydroxyl groups is 2. The normalized spacial score (nSPS) is 53.8. The molecule has 2 nitrogen and oxygen atoms in total. The third-order valence-electron chi connectivity index (χ3n) is 8.73. The number of hydrogen-bond donors (Lipinski definition) is 2. The molecule has 0 heterocycles. The van der Waals surface area contributed by atoms with E-state index in [0.717, 1.165) is 30.6 Å². The van der Waals surface area contributed by atoms with E-state index in [4.69, 9.17) is 0 Å². The van der Waals surface area contributed by atoms with E-state index in [1.165, 1.54) is 38.5 Å². The molecule has 0 aromatic heterocycles. The first-order valence-electron chi connectivity index (χ1n) is 9.92. The summed E-state index contributed by atoms with van der Waals surface area (Å²) in [4.78, 5) is 0. The molecular formula is C21H34O2. The summed E-state index contributed by atoms with van der Waals surface area (Å²) in [5, 5.41) is 20.4. The zero-order valence-electron chi connectivity index (χ0n) is 15.1. The number of allylic oxidation sites excluding steroid dienone is 1. The highest BCUT2D eigenvalue weighted by Gasteiger charge is 2.59. The summed E-state index contributed by atoms with van der Waals surface area (Å²) in [6.07, 6.45) is 11.7. The Labute approximate surface area is 141 Å². The van der Waals surface area contributed by atoms with Gasteiger partial charge in [0.05, 0.1) is 12.2 Å². The van der Waals surface area contributed by atoms with E-state index in [-0.39, 0.29) is 12.2 Å². The maximum absolute atomic E-state index is 10.3. The van der Waals surface area contributed by atoms with Gasteiger partial charge in [-0.25, -0.2) is 0 Å². The van der Waals surface area contributed by atoms with Crippen molar-refractivity contribution in [2.75, 3.05) is 0 Å². The summed E-state index contributed by atoms with van der Waals surface area (Å²) in [5.74, 6) is 2.91. The van der Waals surface area contributed by atoms with E-state index in [2.05, 4.69) is 19.9 Å². The van der Waals surface area contributed by atoms with Crippen molar-refractivity contribution in [3.8, 4) is 0 Å². The van der Waals surface area contributed by atoms with Crippen molar-refractivity contribution in [1.82, 2.24) is 0 Å². The predicted molar refractivity (Wildman–Crippen MR) is 92.9 cm³/mol. The summed E-state index contributed by atoms with van der Waals surface area (Å²) in [6.45, 7) is 6.98. The Morgan fingerprint density at radius 3 is 2.61 bits per heavy atom. The van der Waals surface area contributed by atoms with Gasteiger partial charge in [0.15, 0.2) is 0 Å². The molecule has 8 atom stereocenters. The van der Waals surface area contributed by atoms with Gasteiger partial charge in [-0.1, -0.05) is 25.5 Å². The van der Waals surface area contributed by atoms with Crippen LogP contribution in [-0.2, 0) is 0 Å². The molecule has 0 aromatic rings. The fourth-order valence-corrected chi connectivity index (χ4v) is 7.47. The SMILES string of the molecule is C[C@@H](O)[C@H]1CC[C@H]2[C@@H]3CC=C4C[C@@H](O)CC[C@]4(C)[C@H]3CC[C@]12C. The van der Waals surface area contributed by atoms with E-state index < -0.39 is 0 Å². The maximum Gasteiger partial charge on any atom is 0.0577 e. The molecule has 130 valence electrons. The Bertz CT molecular complexity index is 510. The molecule has 0 aromatic carbocycles. The van der Waals surface area contributed by atoms with Gasteiger partial charge in [-0.05, 0) is 92.8 Å². The molecule has 0 unspecified atom stereocenters. The van der Waals surface area contributed by atoms with Crippen LogP contribution in [0.3, 0.4) is 0 Å². The van der Waals surface area contributed by atoms with Crippen LogP contribution in [0.2, 0.25) is 0 Å². The highest BCUT2D eigenvalue weighted by atomic mass is 16.3. The van der Waals surface area contributed by atoms with Crippen molar-refractivity contribution in [3.05, 3.63) is 11.6 Å². The molecule has 2 heteroatoms. The minimum atomic E-state index is -0.156. The number of aliphatic hydroxyl groups excluding tert-OH is 2. The zero-order chi connectivity index (χ0) is 16.4. The van der Waals surface area contributed by atoms with Gasteiger partial charge in [-0.2, -0.15) is 0 Å². The van der Waals surface area contributed by atoms with Crippen LogP contribution in [0.5, 0.6) is 0 Å². The lowest BCUT2D eigenvalue weighted by Crippen LogP contribution is -2.51. The predicted octanol–water partition coefficient (Wildman–Crippen LogP) is 4.31. The molecule has 3 saturated carbocycles. The van der Waals surface area contributed by atoms with Crippen LogP contribution >= 0.6 is 0 Å². The van der Waals surface area contributed by atoms with E-state index in [0.29, 0.717) is 16.7 Å². The van der Waals surface area contributed by atoms with Gasteiger partial charge in [0.2, 0.25) is 0 Å². The van der Waals surface area contributed by atoms with Crippen LogP contribution in [0.4, 0.5) is 0 Å². The lowest BCUT2D eigenvalue weighted by molar-refractivity contribution is -0.0675. The highest BCUT2D eigenvalue weighted by Crippen LogP contribution is 2.66. The van der Waals surface area contributed by atoms with Crippen LogP contribution in [0, 0.1) is 34.5 Å². The summed E-state index contributed by atoms with van der Waals surface area (Å²) in [6, 6.07) is 0. The van der Waals surface area contributed by atoms with Crippen LogP contribution in [-0.4, -0.2) is 22.4 Å². The van der Waals surface area contributed by atoms with Crippen molar-refractivity contribution >= 4 is 0 Å². The van der Waals surface area contributed by atoms with Crippen LogP contribution < -0.4 is 0 Å². The number of fused-ring (bicyclic) bond motifs is 5. The Kier molecular flexibility index (Phi) is 3.74. The van der Waals surface area contributed by atoms with E-state index >= 15 is 0 Å². The topological polar surface area (TPSA) is 40.5 Å². The smallest absolute Gasteiger partial charge is 0.0577 e. The average molecular weight is 319 g/mol. The minimum Gasteiger partial charge on any atom is -0.393 e. The molecule has 3 fully saturated rings. The van der Waals surface area contributed by atoms with Crippen molar-refractivity contribution in [2.24, 2.45) is 34.5 Å². The molecule has 0 amide bonds. The molecule has 2 N–H and O–H groups in total. The Morgan fingerprint density at radius 1 is 1.09 bits per heavy atom. The van der Waals surface area contributed by atoms with Gasteiger partial charge < -0.3 is 10.2 Å². The van der Waals surface area contributed by atoms with Crippen molar-refractivity contribution in [3.63, 3.8) is 0 Å². The molecule has 0 aliphatic heterocycles. The van der Waals surface area contributed by atoms with E-state index in [1.54, 1.807) is 5.57 Å². The second-order valence-electron chi connectivity index (χ2n) is 9.62. The third-order valence-corrected chi connectivity index (χ3v) is 8.73. The maximum atomic E-state index is 10.3.